The first-order valence-corrected chi connectivity index (χ1v) is 16.9. The number of piperazine rings is 1. The smallest absolute Gasteiger partial charge is 0.326 e. The summed E-state index contributed by atoms with van der Waals surface area (Å²) in [6.07, 6.45) is 1.53. The molecule has 1 saturated heterocycles. The van der Waals surface area contributed by atoms with Crippen LogP contribution in [0.15, 0.2) is 36.4 Å². The molecular formula is C37H38ClN3O8. The Morgan fingerprint density at radius 3 is 2.53 bits per heavy atom. The van der Waals surface area contributed by atoms with Crippen LogP contribution in [0.3, 0.4) is 0 Å². The maximum Gasteiger partial charge on any atom is 0.326 e. The van der Waals surface area contributed by atoms with Crippen LogP contribution < -0.4 is 18.9 Å². The lowest BCUT2D eigenvalue weighted by atomic mass is 9.71. The molecule has 4 heterocycles. The van der Waals surface area contributed by atoms with Gasteiger partial charge in [-0.25, -0.2) is 0 Å². The average Bonchev–Trinajstić information content (AvgIpc) is 3.59. The number of nitrogens with zero attached hydrogens (tertiary/aromatic N) is 3. The maximum absolute atomic E-state index is 13.3. The number of nitriles is 1. The van der Waals surface area contributed by atoms with Crippen molar-refractivity contribution in [2.24, 2.45) is 0 Å². The molecule has 5 atom stereocenters. The number of fused-ring (bicyclic) bond motifs is 9. The molecule has 0 amide bonds. The molecule has 1 unspecified atom stereocenters. The average molecular weight is 688 g/mol. The lowest BCUT2D eigenvalue weighted by molar-refractivity contribution is -0.149. The predicted octanol–water partition coefficient (Wildman–Crippen LogP) is 4.84. The molecule has 7 rings (SSSR count). The summed E-state index contributed by atoms with van der Waals surface area (Å²) in [4.78, 5) is 30.3. The summed E-state index contributed by atoms with van der Waals surface area (Å²) in [7, 11) is 3.50. The molecule has 4 aliphatic rings. The summed E-state index contributed by atoms with van der Waals surface area (Å²) in [6.45, 7) is 3.56. The number of hydrogen-bond donors (Lipinski definition) is 1. The van der Waals surface area contributed by atoms with Crippen LogP contribution >= 0.6 is 11.6 Å². The number of aromatic hydroxyl groups is 1. The maximum atomic E-state index is 13.3. The lowest BCUT2D eigenvalue weighted by Gasteiger charge is -2.59. The van der Waals surface area contributed by atoms with Crippen molar-refractivity contribution in [2.45, 2.75) is 69.7 Å². The summed E-state index contributed by atoms with van der Waals surface area (Å²) in [6, 6.07) is 12.0. The van der Waals surface area contributed by atoms with Crippen LogP contribution in [0, 0.1) is 25.2 Å². The second-order valence-corrected chi connectivity index (χ2v) is 13.3. The standard InChI is InChI=1S/C37H38ClN3O8/c1-19-12-22-13-24-26(16-39)41-25(32(40(24)3)30(22)33(44)34(19)45-4)14-23-31(27(41)17-46-28(42)11-10-21-8-6-5-7-9-21)37-36(47-18-48-37)20(2)35(23)49-29(43)15-38/h5-9,12,24-27,32,44H,10-11,13-15,17-18H2,1-4H3/t24-,25?,26-,27-,32+/m0/s1. The van der Waals surface area contributed by atoms with Crippen LogP contribution in [0.5, 0.6) is 28.7 Å². The van der Waals surface area contributed by atoms with Crippen molar-refractivity contribution < 1.29 is 38.4 Å². The molecule has 0 radical (unpaired) electrons. The number of aryl methyl sites for hydroxylation is 2. The zero-order valence-corrected chi connectivity index (χ0v) is 28.6. The van der Waals surface area contributed by atoms with Crippen molar-refractivity contribution in [2.75, 3.05) is 33.4 Å². The number of likely N-dealkylation sites (N-methyl/N-ethyl adjacent to an activating group) is 1. The zero-order chi connectivity index (χ0) is 34.6. The highest BCUT2D eigenvalue weighted by Crippen LogP contribution is 2.58. The molecule has 3 aromatic carbocycles. The number of ether oxygens (including phenoxy) is 5. The fraction of sp³-hybridized carbons (Fsp3) is 0.432. The molecule has 1 fully saturated rings. The van der Waals surface area contributed by atoms with Gasteiger partial charge in [0.15, 0.2) is 23.0 Å². The minimum absolute atomic E-state index is 0.0431. The van der Waals surface area contributed by atoms with E-state index >= 15 is 0 Å². The van der Waals surface area contributed by atoms with Gasteiger partial charge < -0.3 is 28.8 Å². The molecule has 2 bridgehead atoms. The van der Waals surface area contributed by atoms with Crippen molar-refractivity contribution in [3.05, 3.63) is 75.3 Å². The molecule has 4 aliphatic heterocycles. The van der Waals surface area contributed by atoms with E-state index in [0.29, 0.717) is 59.0 Å². The Morgan fingerprint density at radius 1 is 1.06 bits per heavy atom. The van der Waals surface area contributed by atoms with Gasteiger partial charge in [0.25, 0.3) is 0 Å². The van der Waals surface area contributed by atoms with Crippen molar-refractivity contribution in [1.29, 1.82) is 5.26 Å². The Kier molecular flexibility index (Phi) is 8.82. The molecule has 256 valence electrons. The summed E-state index contributed by atoms with van der Waals surface area (Å²) < 4.78 is 29.6. The van der Waals surface area contributed by atoms with Gasteiger partial charge in [-0.15, -0.1) is 11.6 Å². The van der Waals surface area contributed by atoms with Gasteiger partial charge in [-0.3, -0.25) is 19.4 Å². The number of esters is 2. The molecule has 3 aromatic rings. The third-order valence-electron chi connectivity index (χ3n) is 10.5. The van der Waals surface area contributed by atoms with E-state index in [1.54, 1.807) is 6.92 Å². The van der Waals surface area contributed by atoms with Crippen LogP contribution in [0.1, 0.15) is 57.4 Å². The topological polar surface area (TPSA) is 131 Å². The summed E-state index contributed by atoms with van der Waals surface area (Å²) in [5.74, 6) is 0.310. The Balaban J connectivity index is 1.37. The van der Waals surface area contributed by atoms with Crippen LogP contribution in [-0.2, 0) is 33.6 Å². The number of methoxy groups -OCH3 is 1. The predicted molar refractivity (Wildman–Crippen MR) is 178 cm³/mol. The number of rotatable bonds is 8. The number of carbonyl (C=O) groups is 2. The molecule has 12 heteroatoms. The molecule has 1 N–H and O–H groups in total. The molecule has 0 aromatic heterocycles. The number of benzene rings is 3. The minimum atomic E-state index is -0.668. The molecule has 0 spiro atoms. The van der Waals surface area contributed by atoms with Gasteiger partial charge in [0.05, 0.1) is 25.3 Å². The van der Waals surface area contributed by atoms with E-state index in [1.807, 2.05) is 50.4 Å². The Hall–Kier alpha value is -4.50. The third kappa shape index (κ3) is 5.43. The van der Waals surface area contributed by atoms with E-state index in [1.165, 1.54) is 7.11 Å². The van der Waals surface area contributed by atoms with E-state index < -0.39 is 24.1 Å². The minimum Gasteiger partial charge on any atom is -0.504 e. The number of halogens is 1. The van der Waals surface area contributed by atoms with Crippen molar-refractivity contribution in [1.82, 2.24) is 9.80 Å². The number of hydrogen-bond acceptors (Lipinski definition) is 11. The summed E-state index contributed by atoms with van der Waals surface area (Å²) in [5.41, 5.74) is 5.42. The van der Waals surface area contributed by atoms with Gasteiger partial charge in [-0.2, -0.15) is 5.26 Å². The van der Waals surface area contributed by atoms with E-state index in [9.17, 15) is 20.0 Å². The van der Waals surface area contributed by atoms with E-state index in [4.69, 9.17) is 35.3 Å². The van der Waals surface area contributed by atoms with Crippen LogP contribution in [0.4, 0.5) is 0 Å². The van der Waals surface area contributed by atoms with Crippen LogP contribution in [0.2, 0.25) is 0 Å². The molecule has 11 nitrogen and oxygen atoms in total. The van der Waals surface area contributed by atoms with Crippen molar-refractivity contribution in [3.63, 3.8) is 0 Å². The number of phenols is 1. The monoisotopic (exact) mass is 687 g/mol. The van der Waals surface area contributed by atoms with Gasteiger partial charge in [0, 0.05) is 40.8 Å². The first-order valence-electron chi connectivity index (χ1n) is 16.4. The van der Waals surface area contributed by atoms with Crippen LogP contribution in [0.25, 0.3) is 0 Å². The van der Waals surface area contributed by atoms with Crippen LogP contribution in [-0.4, -0.2) is 78.4 Å². The Labute approximate surface area is 289 Å². The van der Waals surface area contributed by atoms with E-state index in [0.717, 1.165) is 22.3 Å². The first-order chi connectivity index (χ1) is 23.7. The van der Waals surface area contributed by atoms with E-state index in [-0.39, 0.29) is 49.5 Å². The van der Waals surface area contributed by atoms with Crippen molar-refractivity contribution >= 4 is 23.5 Å². The Bertz CT molecular complexity index is 1860. The number of alkyl halides is 1. The lowest BCUT2D eigenvalue weighted by Crippen LogP contribution is -2.68. The Morgan fingerprint density at radius 2 is 1.82 bits per heavy atom. The fourth-order valence-electron chi connectivity index (χ4n) is 8.41. The number of carbonyl (C=O) groups excluding carboxylic acids is 2. The highest BCUT2D eigenvalue weighted by Gasteiger charge is 2.57. The SMILES string of the molecule is COc1c(C)cc2c(c1O)[C@H]1C3Cc4c(OC(=O)CCl)c(C)c5c(c4[C@H](COC(=O)CCc4ccccc4)N3[C@@H](C#N)[C@H](C2)N1C)OCO5. The van der Waals surface area contributed by atoms with Gasteiger partial charge in [-0.05, 0) is 56.8 Å². The first kappa shape index (κ1) is 33.0. The number of phenolic OH excluding ortho intramolecular Hbond substituents is 1. The summed E-state index contributed by atoms with van der Waals surface area (Å²) in [5, 5.41) is 22.6. The molecule has 49 heavy (non-hydrogen) atoms. The van der Waals surface area contributed by atoms with Gasteiger partial charge >= 0.3 is 11.9 Å². The van der Waals surface area contributed by atoms with Gasteiger partial charge in [-0.1, -0.05) is 36.4 Å². The van der Waals surface area contributed by atoms with Gasteiger partial charge in [0.1, 0.15) is 24.3 Å². The van der Waals surface area contributed by atoms with E-state index in [2.05, 4.69) is 15.9 Å². The highest BCUT2D eigenvalue weighted by atomic mass is 35.5. The third-order valence-corrected chi connectivity index (χ3v) is 10.7. The second kappa shape index (κ2) is 13.1. The van der Waals surface area contributed by atoms with Gasteiger partial charge in [0.2, 0.25) is 6.79 Å². The zero-order valence-electron chi connectivity index (χ0n) is 27.8. The fourth-order valence-corrected chi connectivity index (χ4v) is 8.46. The molecule has 0 aliphatic carbocycles. The highest BCUT2D eigenvalue weighted by molar-refractivity contribution is 6.26. The normalized spacial score (nSPS) is 23.5. The van der Waals surface area contributed by atoms with Crippen molar-refractivity contribution in [3.8, 4) is 34.8 Å². The molecular weight excluding hydrogens is 650 g/mol. The summed E-state index contributed by atoms with van der Waals surface area (Å²) >= 11 is 5.92. The largest absolute Gasteiger partial charge is 0.504 e. The quantitative estimate of drug-likeness (QED) is 0.198. The molecule has 0 saturated carbocycles. The second-order valence-electron chi connectivity index (χ2n) is 13.0.